The van der Waals surface area contributed by atoms with Crippen molar-refractivity contribution < 1.29 is 4.79 Å². The van der Waals surface area contributed by atoms with Crippen molar-refractivity contribution in [1.29, 1.82) is 0 Å². The summed E-state index contributed by atoms with van der Waals surface area (Å²) in [7, 11) is 0. The van der Waals surface area contributed by atoms with Gasteiger partial charge in [-0.15, -0.1) is 11.3 Å². The molecule has 3 rings (SSSR count). The van der Waals surface area contributed by atoms with E-state index >= 15 is 0 Å². The van der Waals surface area contributed by atoms with Crippen molar-refractivity contribution in [1.82, 2.24) is 14.9 Å². The molecule has 1 fully saturated rings. The first kappa shape index (κ1) is 14.6. The summed E-state index contributed by atoms with van der Waals surface area (Å²) in [6.45, 7) is 0.935. The number of thiophene rings is 1. The van der Waals surface area contributed by atoms with Gasteiger partial charge in [-0.3, -0.25) is 14.2 Å². The lowest BCUT2D eigenvalue weighted by Crippen LogP contribution is -2.36. The van der Waals surface area contributed by atoms with Crippen LogP contribution in [-0.4, -0.2) is 33.5 Å². The van der Waals surface area contributed by atoms with Crippen LogP contribution in [-0.2, 0) is 11.3 Å². The molecule has 1 aliphatic rings. The van der Waals surface area contributed by atoms with Gasteiger partial charge in [0.15, 0.2) is 0 Å². The molecule has 1 N–H and O–H groups in total. The number of rotatable bonds is 4. The van der Waals surface area contributed by atoms with Gasteiger partial charge in [0.1, 0.15) is 4.83 Å². The first-order valence-electron chi connectivity index (χ1n) is 7.04. The van der Waals surface area contributed by atoms with Crippen molar-refractivity contribution in [3.8, 4) is 0 Å². The fraction of sp³-hybridized carbons (Fsp3) is 0.500. The van der Waals surface area contributed by atoms with Gasteiger partial charge in [0.05, 0.1) is 11.7 Å². The molecule has 0 aliphatic carbocycles. The Balaban J connectivity index is 1.57. The summed E-state index contributed by atoms with van der Waals surface area (Å²) in [5, 5.41) is 5.46. The summed E-state index contributed by atoms with van der Waals surface area (Å²) in [5.41, 5.74) is -0.0374. The zero-order valence-corrected chi connectivity index (χ0v) is 13.2. The van der Waals surface area contributed by atoms with Crippen molar-refractivity contribution in [2.24, 2.45) is 5.92 Å². The number of hydrogen-bond donors (Lipinski definition) is 1. The normalized spacial score (nSPS) is 16.2. The van der Waals surface area contributed by atoms with E-state index in [2.05, 4.69) is 10.3 Å². The average molecular weight is 323 g/mol. The van der Waals surface area contributed by atoms with Gasteiger partial charge >= 0.3 is 0 Å². The summed E-state index contributed by atoms with van der Waals surface area (Å²) in [6.07, 6.45) is 3.47. The van der Waals surface area contributed by atoms with Crippen LogP contribution in [0.5, 0.6) is 0 Å². The van der Waals surface area contributed by atoms with Gasteiger partial charge in [-0.25, -0.2) is 4.98 Å². The highest BCUT2D eigenvalue weighted by atomic mass is 32.2. The summed E-state index contributed by atoms with van der Waals surface area (Å²) in [6, 6.07) is 1.80. The molecule has 5 nitrogen and oxygen atoms in total. The minimum Gasteiger partial charge on any atom is -0.354 e. The van der Waals surface area contributed by atoms with Gasteiger partial charge < -0.3 is 5.32 Å². The van der Waals surface area contributed by atoms with Crippen molar-refractivity contribution in [3.05, 3.63) is 28.1 Å². The Morgan fingerprint density at radius 1 is 1.43 bits per heavy atom. The molecule has 1 aliphatic heterocycles. The summed E-state index contributed by atoms with van der Waals surface area (Å²) < 4.78 is 1.56. The molecule has 112 valence electrons. The third-order valence-electron chi connectivity index (χ3n) is 3.69. The molecule has 1 saturated heterocycles. The number of amides is 1. The average Bonchev–Trinajstić information content (AvgIpc) is 3.00. The number of nitrogens with one attached hydrogen (secondary N) is 1. The lowest BCUT2D eigenvalue weighted by molar-refractivity contribution is -0.125. The maximum Gasteiger partial charge on any atom is 0.262 e. The zero-order valence-electron chi connectivity index (χ0n) is 11.6. The van der Waals surface area contributed by atoms with Crippen LogP contribution in [0.4, 0.5) is 0 Å². The smallest absolute Gasteiger partial charge is 0.262 e. The molecule has 0 bridgehead atoms. The maximum absolute atomic E-state index is 12.2. The van der Waals surface area contributed by atoms with Crippen LogP contribution in [0, 0.1) is 5.92 Å². The quantitative estimate of drug-likeness (QED) is 0.930. The van der Waals surface area contributed by atoms with E-state index in [-0.39, 0.29) is 17.4 Å². The summed E-state index contributed by atoms with van der Waals surface area (Å²) in [5.74, 6) is 2.39. The zero-order chi connectivity index (χ0) is 14.7. The molecule has 1 amide bonds. The standard InChI is InChI=1S/C14H17N3O2S2/c18-12(10-1-6-20-7-2-10)15-4-5-17-9-16-13-11(14(17)19)3-8-21-13/h3,8-10H,1-2,4-7H2,(H,15,18). The second-order valence-electron chi connectivity index (χ2n) is 5.06. The first-order chi connectivity index (χ1) is 10.3. The van der Waals surface area contributed by atoms with Gasteiger partial charge in [-0.05, 0) is 35.8 Å². The van der Waals surface area contributed by atoms with E-state index < -0.39 is 0 Å². The Hall–Kier alpha value is -1.34. The molecule has 0 radical (unpaired) electrons. The van der Waals surface area contributed by atoms with Crippen LogP contribution >= 0.6 is 23.1 Å². The molecule has 0 spiro atoms. The minimum atomic E-state index is -0.0374. The van der Waals surface area contributed by atoms with Gasteiger partial charge in [-0.1, -0.05) is 0 Å². The highest BCUT2D eigenvalue weighted by Gasteiger charge is 2.20. The lowest BCUT2D eigenvalue weighted by atomic mass is 10.0. The lowest BCUT2D eigenvalue weighted by Gasteiger charge is -2.20. The number of aromatic nitrogens is 2. The molecule has 3 heterocycles. The fourth-order valence-electron chi connectivity index (χ4n) is 2.46. The van der Waals surface area contributed by atoms with E-state index in [1.165, 1.54) is 11.3 Å². The number of nitrogens with zero attached hydrogens (tertiary/aromatic N) is 2. The third kappa shape index (κ3) is 3.29. The van der Waals surface area contributed by atoms with E-state index in [4.69, 9.17) is 0 Å². The Kier molecular flexibility index (Phi) is 4.60. The number of thioether (sulfide) groups is 1. The highest BCUT2D eigenvalue weighted by Crippen LogP contribution is 2.22. The molecule has 7 heteroatoms. The topological polar surface area (TPSA) is 64.0 Å². The third-order valence-corrected chi connectivity index (χ3v) is 5.56. The molecule has 0 aromatic carbocycles. The van der Waals surface area contributed by atoms with Gasteiger partial charge in [0.25, 0.3) is 5.56 Å². The summed E-state index contributed by atoms with van der Waals surface area (Å²) in [4.78, 5) is 29.2. The Labute approximate surface area is 130 Å². The minimum absolute atomic E-state index is 0.0374. The summed E-state index contributed by atoms with van der Waals surface area (Å²) >= 11 is 3.37. The molecular weight excluding hydrogens is 306 g/mol. The molecule has 2 aromatic heterocycles. The molecule has 2 aromatic rings. The molecule has 0 saturated carbocycles. The van der Waals surface area contributed by atoms with E-state index in [0.717, 1.165) is 29.2 Å². The van der Waals surface area contributed by atoms with E-state index in [1.807, 2.05) is 17.1 Å². The van der Waals surface area contributed by atoms with Crippen molar-refractivity contribution in [3.63, 3.8) is 0 Å². The van der Waals surface area contributed by atoms with Crippen LogP contribution in [0.15, 0.2) is 22.6 Å². The Morgan fingerprint density at radius 2 is 2.24 bits per heavy atom. The van der Waals surface area contributed by atoms with Crippen LogP contribution in [0.3, 0.4) is 0 Å². The van der Waals surface area contributed by atoms with Crippen LogP contribution in [0.2, 0.25) is 0 Å². The van der Waals surface area contributed by atoms with Gasteiger partial charge in [0.2, 0.25) is 5.91 Å². The second kappa shape index (κ2) is 6.62. The number of carbonyl (C=O) groups excluding carboxylic acids is 1. The van der Waals surface area contributed by atoms with Gasteiger partial charge in [-0.2, -0.15) is 11.8 Å². The number of carbonyl (C=O) groups is 1. The largest absolute Gasteiger partial charge is 0.354 e. The maximum atomic E-state index is 12.2. The SMILES string of the molecule is O=C(NCCn1cnc2sccc2c1=O)C1CCSCC1. The Bertz CT molecular complexity index is 689. The fourth-order valence-corrected chi connectivity index (χ4v) is 4.29. The predicted molar refractivity (Wildman–Crippen MR) is 86.9 cm³/mol. The van der Waals surface area contributed by atoms with Crippen LogP contribution in [0.25, 0.3) is 10.2 Å². The monoisotopic (exact) mass is 323 g/mol. The first-order valence-corrected chi connectivity index (χ1v) is 9.07. The van der Waals surface area contributed by atoms with Crippen molar-refractivity contribution in [2.45, 2.75) is 19.4 Å². The molecule has 0 atom stereocenters. The Morgan fingerprint density at radius 3 is 3.05 bits per heavy atom. The van der Waals surface area contributed by atoms with E-state index in [0.29, 0.717) is 18.5 Å². The predicted octanol–water partition coefficient (Wildman–Crippen LogP) is 1.72. The number of fused-ring (bicyclic) bond motifs is 1. The molecule has 0 unspecified atom stereocenters. The van der Waals surface area contributed by atoms with Gasteiger partial charge in [0, 0.05) is 19.0 Å². The highest BCUT2D eigenvalue weighted by molar-refractivity contribution is 7.99. The van der Waals surface area contributed by atoms with Crippen molar-refractivity contribution in [2.75, 3.05) is 18.1 Å². The van der Waals surface area contributed by atoms with Crippen molar-refractivity contribution >= 4 is 39.2 Å². The second-order valence-corrected chi connectivity index (χ2v) is 7.18. The van der Waals surface area contributed by atoms with Crippen LogP contribution < -0.4 is 10.9 Å². The van der Waals surface area contributed by atoms with E-state index in [1.54, 1.807) is 17.0 Å². The molecule has 21 heavy (non-hydrogen) atoms. The number of hydrogen-bond acceptors (Lipinski definition) is 5. The van der Waals surface area contributed by atoms with E-state index in [9.17, 15) is 9.59 Å². The molecular formula is C14H17N3O2S2. The van der Waals surface area contributed by atoms with Crippen LogP contribution in [0.1, 0.15) is 12.8 Å².